The third-order valence-electron chi connectivity index (χ3n) is 3.85. The van der Waals surface area contributed by atoms with Crippen molar-refractivity contribution in [3.8, 4) is 0 Å². The average Bonchev–Trinajstić information content (AvgIpc) is 2.73. The molecule has 0 aliphatic carbocycles. The van der Waals surface area contributed by atoms with Crippen molar-refractivity contribution >= 4 is 11.8 Å². The van der Waals surface area contributed by atoms with Crippen LogP contribution in [0, 0.1) is 0 Å². The van der Waals surface area contributed by atoms with E-state index in [1.807, 2.05) is 0 Å². The molecule has 2 atom stereocenters. The number of rotatable bonds is 2. The van der Waals surface area contributed by atoms with Crippen LogP contribution in [0.1, 0.15) is 25.7 Å². The molecule has 1 aromatic rings. The van der Waals surface area contributed by atoms with Crippen LogP contribution in [0.15, 0.2) is 12.3 Å². The zero-order valence-corrected chi connectivity index (χ0v) is 9.97. The van der Waals surface area contributed by atoms with Crippen molar-refractivity contribution in [3.05, 3.63) is 12.3 Å². The Labute approximate surface area is 101 Å². The van der Waals surface area contributed by atoms with Crippen LogP contribution < -0.4 is 11.1 Å². The van der Waals surface area contributed by atoms with Gasteiger partial charge in [0.05, 0.1) is 0 Å². The molecule has 0 amide bonds. The monoisotopic (exact) mass is 233 g/mol. The van der Waals surface area contributed by atoms with Crippen molar-refractivity contribution in [3.63, 3.8) is 0 Å². The SMILES string of the molecule is Nc1ccnc(NC2CCN3CCCCC23)n1. The summed E-state index contributed by atoms with van der Waals surface area (Å²) >= 11 is 0. The van der Waals surface area contributed by atoms with Gasteiger partial charge in [-0.15, -0.1) is 0 Å². The van der Waals surface area contributed by atoms with Crippen LogP contribution in [0.5, 0.6) is 0 Å². The molecule has 2 unspecified atom stereocenters. The second-order valence-electron chi connectivity index (χ2n) is 4.94. The average molecular weight is 233 g/mol. The summed E-state index contributed by atoms with van der Waals surface area (Å²) in [5.41, 5.74) is 5.66. The van der Waals surface area contributed by atoms with E-state index in [9.17, 15) is 0 Å². The maximum atomic E-state index is 5.66. The fraction of sp³-hybridized carbons (Fsp3) is 0.667. The van der Waals surface area contributed by atoms with Gasteiger partial charge in [0, 0.05) is 24.8 Å². The van der Waals surface area contributed by atoms with E-state index in [1.54, 1.807) is 12.3 Å². The lowest BCUT2D eigenvalue weighted by Gasteiger charge is -2.32. The summed E-state index contributed by atoms with van der Waals surface area (Å²) in [7, 11) is 0. The second kappa shape index (κ2) is 4.49. The highest BCUT2D eigenvalue weighted by atomic mass is 15.3. The number of hydrogen-bond acceptors (Lipinski definition) is 5. The molecule has 1 aromatic heterocycles. The molecule has 2 saturated heterocycles. The lowest BCUT2D eigenvalue weighted by Crippen LogP contribution is -2.42. The van der Waals surface area contributed by atoms with Crippen LogP contribution in [0.2, 0.25) is 0 Å². The van der Waals surface area contributed by atoms with Crippen molar-refractivity contribution in [2.24, 2.45) is 0 Å². The fourth-order valence-corrected chi connectivity index (χ4v) is 3.02. The van der Waals surface area contributed by atoms with Crippen LogP contribution in [0.3, 0.4) is 0 Å². The van der Waals surface area contributed by atoms with E-state index in [-0.39, 0.29) is 0 Å². The summed E-state index contributed by atoms with van der Waals surface area (Å²) in [5, 5.41) is 3.44. The first-order valence-corrected chi connectivity index (χ1v) is 6.42. The van der Waals surface area contributed by atoms with Crippen molar-refractivity contribution in [2.45, 2.75) is 37.8 Å². The minimum atomic E-state index is 0.483. The fourth-order valence-electron chi connectivity index (χ4n) is 3.02. The van der Waals surface area contributed by atoms with Crippen LogP contribution in [0.25, 0.3) is 0 Å². The van der Waals surface area contributed by atoms with Gasteiger partial charge in [0.2, 0.25) is 5.95 Å². The molecular weight excluding hydrogens is 214 g/mol. The molecule has 3 N–H and O–H groups in total. The molecule has 3 rings (SSSR count). The summed E-state index contributed by atoms with van der Waals surface area (Å²) in [5.74, 6) is 1.20. The number of nitrogens with two attached hydrogens (primary N) is 1. The van der Waals surface area contributed by atoms with E-state index in [1.165, 1.54) is 38.8 Å². The van der Waals surface area contributed by atoms with Crippen molar-refractivity contribution in [1.29, 1.82) is 0 Å². The molecule has 5 heteroatoms. The third kappa shape index (κ3) is 2.20. The number of anilines is 2. The molecule has 17 heavy (non-hydrogen) atoms. The minimum Gasteiger partial charge on any atom is -0.384 e. The van der Waals surface area contributed by atoms with Crippen LogP contribution in [0.4, 0.5) is 11.8 Å². The molecule has 2 aliphatic heterocycles. The van der Waals surface area contributed by atoms with E-state index >= 15 is 0 Å². The first-order valence-electron chi connectivity index (χ1n) is 6.42. The predicted octanol–water partition coefficient (Wildman–Crippen LogP) is 1.10. The standard InChI is InChI=1S/C12H19N5/c13-11-4-6-14-12(16-11)15-9-5-8-17-7-2-1-3-10(9)17/h4,6,9-10H,1-3,5,7-8H2,(H3,13,14,15,16). The van der Waals surface area contributed by atoms with Gasteiger partial charge in [-0.3, -0.25) is 4.90 Å². The third-order valence-corrected chi connectivity index (χ3v) is 3.85. The molecule has 3 heterocycles. The molecule has 2 fully saturated rings. The molecule has 0 aromatic carbocycles. The number of nitrogen functional groups attached to an aromatic ring is 1. The molecule has 0 bridgehead atoms. The molecule has 0 spiro atoms. The highest BCUT2D eigenvalue weighted by molar-refractivity contribution is 5.36. The number of fused-ring (bicyclic) bond motifs is 1. The van der Waals surface area contributed by atoms with Gasteiger partial charge in [-0.2, -0.15) is 4.98 Å². The number of piperidine rings is 1. The van der Waals surface area contributed by atoms with Crippen LogP contribution >= 0.6 is 0 Å². The minimum absolute atomic E-state index is 0.483. The van der Waals surface area contributed by atoms with E-state index in [0.29, 0.717) is 23.8 Å². The first-order chi connectivity index (χ1) is 8.33. The summed E-state index contributed by atoms with van der Waals surface area (Å²) in [4.78, 5) is 11.0. The lowest BCUT2D eigenvalue weighted by molar-refractivity contribution is 0.192. The van der Waals surface area contributed by atoms with Crippen molar-refractivity contribution in [1.82, 2.24) is 14.9 Å². The van der Waals surface area contributed by atoms with Crippen LogP contribution in [-0.4, -0.2) is 40.0 Å². The van der Waals surface area contributed by atoms with Gasteiger partial charge < -0.3 is 11.1 Å². The van der Waals surface area contributed by atoms with Gasteiger partial charge in [0.15, 0.2) is 0 Å². The summed E-state index contributed by atoms with van der Waals surface area (Å²) in [6, 6.07) is 2.86. The van der Waals surface area contributed by atoms with Gasteiger partial charge >= 0.3 is 0 Å². The largest absolute Gasteiger partial charge is 0.384 e. The number of hydrogen-bond donors (Lipinski definition) is 2. The van der Waals surface area contributed by atoms with Gasteiger partial charge in [0.25, 0.3) is 0 Å². The smallest absolute Gasteiger partial charge is 0.224 e. The van der Waals surface area contributed by atoms with Gasteiger partial charge in [-0.1, -0.05) is 6.42 Å². The number of nitrogens with one attached hydrogen (secondary N) is 1. The first kappa shape index (κ1) is 10.8. The number of aromatic nitrogens is 2. The zero-order chi connectivity index (χ0) is 11.7. The van der Waals surface area contributed by atoms with Gasteiger partial charge in [-0.25, -0.2) is 4.98 Å². The van der Waals surface area contributed by atoms with Gasteiger partial charge in [-0.05, 0) is 31.9 Å². The Morgan fingerprint density at radius 1 is 1.29 bits per heavy atom. The van der Waals surface area contributed by atoms with Crippen molar-refractivity contribution in [2.75, 3.05) is 24.1 Å². The summed E-state index contributed by atoms with van der Waals surface area (Å²) < 4.78 is 0. The van der Waals surface area contributed by atoms with Gasteiger partial charge in [0.1, 0.15) is 5.82 Å². The highest BCUT2D eigenvalue weighted by Crippen LogP contribution is 2.28. The zero-order valence-electron chi connectivity index (χ0n) is 9.97. The summed E-state index contributed by atoms with van der Waals surface area (Å²) in [6.45, 7) is 2.45. The van der Waals surface area contributed by atoms with E-state index in [0.717, 1.165) is 0 Å². The summed E-state index contributed by atoms with van der Waals surface area (Å²) in [6.07, 6.45) is 6.87. The maximum Gasteiger partial charge on any atom is 0.224 e. The van der Waals surface area contributed by atoms with E-state index in [2.05, 4.69) is 20.2 Å². The van der Waals surface area contributed by atoms with E-state index < -0.39 is 0 Å². The van der Waals surface area contributed by atoms with Crippen LogP contribution in [-0.2, 0) is 0 Å². The Balaban J connectivity index is 1.69. The molecule has 0 saturated carbocycles. The Hall–Kier alpha value is -1.36. The Morgan fingerprint density at radius 2 is 2.24 bits per heavy atom. The highest BCUT2D eigenvalue weighted by Gasteiger charge is 2.35. The van der Waals surface area contributed by atoms with Crippen molar-refractivity contribution < 1.29 is 0 Å². The normalized spacial score (nSPS) is 28.9. The lowest BCUT2D eigenvalue weighted by atomic mass is 9.99. The Bertz CT molecular complexity index is 394. The molecule has 0 radical (unpaired) electrons. The van der Waals surface area contributed by atoms with E-state index in [4.69, 9.17) is 5.73 Å². The topological polar surface area (TPSA) is 67.1 Å². The molecule has 92 valence electrons. The second-order valence-corrected chi connectivity index (χ2v) is 4.94. The maximum absolute atomic E-state index is 5.66. The molecular formula is C12H19N5. The number of nitrogens with zero attached hydrogens (tertiary/aromatic N) is 3. The Morgan fingerprint density at radius 3 is 3.12 bits per heavy atom. The quantitative estimate of drug-likeness (QED) is 0.800. The molecule has 5 nitrogen and oxygen atoms in total. The molecule has 2 aliphatic rings. The Kier molecular flexibility index (Phi) is 2.84. The predicted molar refractivity (Wildman–Crippen MR) is 67.7 cm³/mol.